The molecule has 0 aromatic carbocycles. The van der Waals surface area contributed by atoms with E-state index in [9.17, 15) is 5.11 Å². The maximum Gasteiger partial charge on any atom is 0.103 e. The van der Waals surface area contributed by atoms with Crippen LogP contribution in [0.4, 0.5) is 0 Å². The second-order valence-electron chi connectivity index (χ2n) is 4.76. The monoisotopic (exact) mass is 213 g/mol. The van der Waals surface area contributed by atoms with Gasteiger partial charge in [-0.25, -0.2) is 0 Å². The second-order valence-corrected chi connectivity index (χ2v) is 5.87. The summed E-state index contributed by atoms with van der Waals surface area (Å²) in [6.45, 7) is 8.32. The Morgan fingerprint density at radius 1 is 1.36 bits per heavy atom. The number of thiophene rings is 1. The lowest BCUT2D eigenvalue weighted by atomic mass is 9.95. The van der Waals surface area contributed by atoms with Gasteiger partial charge < -0.3 is 10.8 Å². The third-order valence-electron chi connectivity index (χ3n) is 2.16. The van der Waals surface area contributed by atoms with E-state index in [0.717, 1.165) is 4.88 Å². The van der Waals surface area contributed by atoms with Gasteiger partial charge in [0.2, 0.25) is 0 Å². The van der Waals surface area contributed by atoms with Crippen LogP contribution in [0.1, 0.15) is 43.6 Å². The number of hydrogen-bond acceptors (Lipinski definition) is 3. The van der Waals surface area contributed by atoms with E-state index in [4.69, 9.17) is 5.73 Å². The highest BCUT2D eigenvalue weighted by Crippen LogP contribution is 2.32. The SMILES string of the molecule is CC(N)C(O)c1ccc(C(C)(C)C)s1. The predicted octanol–water partition coefficient (Wildman–Crippen LogP) is 2.43. The normalized spacial score (nSPS) is 16.7. The van der Waals surface area contributed by atoms with Crippen LogP contribution in [0.3, 0.4) is 0 Å². The van der Waals surface area contributed by atoms with Gasteiger partial charge in [-0.05, 0) is 24.5 Å². The number of aliphatic hydroxyl groups is 1. The molecule has 0 aliphatic carbocycles. The minimum Gasteiger partial charge on any atom is -0.386 e. The smallest absolute Gasteiger partial charge is 0.103 e. The fourth-order valence-electron chi connectivity index (χ4n) is 1.17. The molecule has 0 aliphatic rings. The van der Waals surface area contributed by atoms with Gasteiger partial charge in [-0.3, -0.25) is 0 Å². The van der Waals surface area contributed by atoms with Crippen molar-refractivity contribution in [3.05, 3.63) is 21.9 Å². The van der Waals surface area contributed by atoms with Crippen LogP contribution in [0.15, 0.2) is 12.1 Å². The van der Waals surface area contributed by atoms with Crippen LogP contribution in [-0.4, -0.2) is 11.1 Å². The molecule has 0 fully saturated rings. The first-order chi connectivity index (χ1) is 6.32. The van der Waals surface area contributed by atoms with E-state index in [1.807, 2.05) is 13.0 Å². The van der Waals surface area contributed by atoms with E-state index < -0.39 is 6.10 Å². The molecule has 1 rings (SSSR count). The summed E-state index contributed by atoms with van der Waals surface area (Å²) in [5, 5.41) is 9.76. The van der Waals surface area contributed by atoms with Crippen molar-refractivity contribution in [3.63, 3.8) is 0 Å². The van der Waals surface area contributed by atoms with Gasteiger partial charge in [0.25, 0.3) is 0 Å². The molecule has 14 heavy (non-hydrogen) atoms. The molecule has 1 aromatic heterocycles. The van der Waals surface area contributed by atoms with Crippen LogP contribution in [0.5, 0.6) is 0 Å². The first-order valence-electron chi connectivity index (χ1n) is 4.86. The van der Waals surface area contributed by atoms with Gasteiger partial charge in [0, 0.05) is 15.8 Å². The van der Waals surface area contributed by atoms with Crippen molar-refractivity contribution < 1.29 is 5.11 Å². The molecule has 80 valence electrons. The van der Waals surface area contributed by atoms with Gasteiger partial charge in [0.05, 0.1) is 0 Å². The van der Waals surface area contributed by atoms with Gasteiger partial charge in [-0.15, -0.1) is 11.3 Å². The zero-order valence-electron chi connectivity index (χ0n) is 9.24. The second kappa shape index (κ2) is 4.01. The number of nitrogens with two attached hydrogens (primary N) is 1. The van der Waals surface area contributed by atoms with E-state index in [-0.39, 0.29) is 11.5 Å². The third-order valence-corrected chi connectivity index (χ3v) is 3.74. The predicted molar refractivity (Wildman–Crippen MR) is 61.6 cm³/mol. The molecule has 1 aromatic rings. The molecule has 0 spiro atoms. The Balaban J connectivity index is 2.89. The Hall–Kier alpha value is -0.380. The summed E-state index contributed by atoms with van der Waals surface area (Å²) in [5.74, 6) is 0. The molecule has 2 atom stereocenters. The number of rotatable bonds is 2. The summed E-state index contributed by atoms with van der Waals surface area (Å²) in [7, 11) is 0. The van der Waals surface area contributed by atoms with E-state index in [1.54, 1.807) is 11.3 Å². The molecular formula is C11H19NOS. The first-order valence-corrected chi connectivity index (χ1v) is 5.68. The molecule has 0 aliphatic heterocycles. The van der Waals surface area contributed by atoms with Crippen molar-refractivity contribution in [2.75, 3.05) is 0 Å². The molecule has 0 amide bonds. The van der Waals surface area contributed by atoms with Crippen molar-refractivity contribution in [1.82, 2.24) is 0 Å². The van der Waals surface area contributed by atoms with Crippen LogP contribution in [0, 0.1) is 0 Å². The molecule has 3 N–H and O–H groups in total. The fourth-order valence-corrected chi connectivity index (χ4v) is 2.34. The average molecular weight is 213 g/mol. The van der Waals surface area contributed by atoms with Gasteiger partial charge in [0.15, 0.2) is 0 Å². The largest absolute Gasteiger partial charge is 0.386 e. The van der Waals surface area contributed by atoms with Crippen molar-refractivity contribution in [3.8, 4) is 0 Å². The average Bonchev–Trinajstić information content (AvgIpc) is 2.49. The standard InChI is InChI=1S/C11H19NOS/c1-7(12)10(13)8-5-6-9(14-8)11(2,3)4/h5-7,10,13H,12H2,1-4H3. The molecule has 0 bridgehead atoms. The molecule has 3 heteroatoms. The van der Waals surface area contributed by atoms with Crippen LogP contribution >= 0.6 is 11.3 Å². The van der Waals surface area contributed by atoms with E-state index >= 15 is 0 Å². The molecule has 2 nitrogen and oxygen atoms in total. The molecular weight excluding hydrogens is 194 g/mol. The third kappa shape index (κ3) is 2.56. The summed E-state index contributed by atoms with van der Waals surface area (Å²) >= 11 is 1.65. The zero-order chi connectivity index (χ0) is 10.9. The Labute approximate surface area is 89.8 Å². The van der Waals surface area contributed by atoms with Gasteiger partial charge in [-0.1, -0.05) is 20.8 Å². The summed E-state index contributed by atoms with van der Waals surface area (Å²) in [6, 6.07) is 3.84. The summed E-state index contributed by atoms with van der Waals surface area (Å²) in [5.41, 5.74) is 5.80. The summed E-state index contributed by atoms with van der Waals surface area (Å²) < 4.78 is 0. The molecule has 1 heterocycles. The zero-order valence-corrected chi connectivity index (χ0v) is 10.1. The van der Waals surface area contributed by atoms with Crippen molar-refractivity contribution >= 4 is 11.3 Å². The Kier molecular flexibility index (Phi) is 3.35. The van der Waals surface area contributed by atoms with E-state index in [1.165, 1.54) is 4.88 Å². The highest BCUT2D eigenvalue weighted by Gasteiger charge is 2.20. The topological polar surface area (TPSA) is 46.2 Å². The summed E-state index contributed by atoms with van der Waals surface area (Å²) in [6.07, 6.45) is -0.531. The fraction of sp³-hybridized carbons (Fsp3) is 0.636. The Bertz CT molecular complexity index is 298. The highest BCUT2D eigenvalue weighted by atomic mass is 32.1. The minimum atomic E-state index is -0.531. The van der Waals surface area contributed by atoms with Crippen LogP contribution in [0.25, 0.3) is 0 Å². The Morgan fingerprint density at radius 2 is 1.93 bits per heavy atom. The molecule has 0 saturated heterocycles. The van der Waals surface area contributed by atoms with Crippen LogP contribution < -0.4 is 5.73 Å². The molecule has 0 saturated carbocycles. The minimum absolute atomic E-state index is 0.153. The lowest BCUT2D eigenvalue weighted by Crippen LogP contribution is -2.23. The van der Waals surface area contributed by atoms with Gasteiger partial charge in [0.1, 0.15) is 6.10 Å². The maximum atomic E-state index is 9.76. The van der Waals surface area contributed by atoms with Gasteiger partial charge in [-0.2, -0.15) is 0 Å². The van der Waals surface area contributed by atoms with Gasteiger partial charge >= 0.3 is 0 Å². The van der Waals surface area contributed by atoms with Crippen LogP contribution in [-0.2, 0) is 5.41 Å². The summed E-state index contributed by atoms with van der Waals surface area (Å²) in [4.78, 5) is 2.25. The lowest BCUT2D eigenvalue weighted by molar-refractivity contribution is 0.157. The van der Waals surface area contributed by atoms with Crippen LogP contribution in [0.2, 0.25) is 0 Å². The van der Waals surface area contributed by atoms with E-state index in [0.29, 0.717) is 0 Å². The Morgan fingerprint density at radius 3 is 2.29 bits per heavy atom. The maximum absolute atomic E-state index is 9.76. The van der Waals surface area contributed by atoms with Crippen molar-refractivity contribution in [2.45, 2.75) is 45.3 Å². The molecule has 2 unspecified atom stereocenters. The number of hydrogen-bond donors (Lipinski definition) is 2. The lowest BCUT2D eigenvalue weighted by Gasteiger charge is -2.16. The van der Waals surface area contributed by atoms with Crippen molar-refractivity contribution in [1.29, 1.82) is 0 Å². The highest BCUT2D eigenvalue weighted by molar-refractivity contribution is 7.12. The van der Waals surface area contributed by atoms with Crippen molar-refractivity contribution in [2.24, 2.45) is 5.73 Å². The quantitative estimate of drug-likeness (QED) is 0.792. The number of aliphatic hydroxyl groups excluding tert-OH is 1. The van der Waals surface area contributed by atoms with E-state index in [2.05, 4.69) is 26.8 Å². The first kappa shape index (κ1) is 11.7. The molecule has 0 radical (unpaired) electrons.